The summed E-state index contributed by atoms with van der Waals surface area (Å²) in [5.74, 6) is -0.0882. The van der Waals surface area contributed by atoms with Gasteiger partial charge in [0.05, 0.1) is 13.0 Å². The summed E-state index contributed by atoms with van der Waals surface area (Å²) in [5.41, 5.74) is -0.112. The number of hydrogen-bond donors (Lipinski definition) is 2. The van der Waals surface area contributed by atoms with Gasteiger partial charge in [-0.1, -0.05) is 0 Å². The number of ether oxygens (including phenoxy) is 1. The van der Waals surface area contributed by atoms with E-state index >= 15 is 0 Å². The third-order valence-corrected chi connectivity index (χ3v) is 6.33. The number of carbonyl (C=O) groups is 1. The quantitative estimate of drug-likeness (QED) is 0.587. The molecule has 2 aliphatic heterocycles. The zero-order chi connectivity index (χ0) is 20.6. The van der Waals surface area contributed by atoms with Crippen LogP contribution in [0.4, 0.5) is 13.2 Å². The van der Waals surface area contributed by atoms with Gasteiger partial charge in [-0.15, -0.1) is 0 Å². The van der Waals surface area contributed by atoms with Crippen molar-refractivity contribution in [2.24, 2.45) is 5.92 Å². The van der Waals surface area contributed by atoms with Crippen LogP contribution in [0.1, 0.15) is 48.9 Å². The largest absolute Gasteiger partial charge is 0.422 e. The number of nitrogens with zero attached hydrogens (tertiary/aromatic N) is 2. The molecule has 160 valence electrons. The van der Waals surface area contributed by atoms with Gasteiger partial charge in [-0.3, -0.25) is 10.0 Å². The maximum atomic E-state index is 13.1. The summed E-state index contributed by atoms with van der Waals surface area (Å²) in [6, 6.07) is 1.79. The van der Waals surface area contributed by atoms with Crippen molar-refractivity contribution < 1.29 is 32.6 Å². The first-order valence-electron chi connectivity index (χ1n) is 10.3. The van der Waals surface area contributed by atoms with Gasteiger partial charge in [0.25, 0.3) is 0 Å². The second-order valence-electron chi connectivity index (χ2n) is 8.31. The Hall–Kier alpha value is -1.87. The molecule has 1 aromatic rings. The van der Waals surface area contributed by atoms with Crippen LogP contribution in [0, 0.1) is 5.92 Å². The number of carbonyl (C=O) groups excluding carboxylic acids is 1. The molecule has 0 radical (unpaired) electrons. The van der Waals surface area contributed by atoms with Gasteiger partial charge in [0.2, 0.25) is 17.8 Å². The highest BCUT2D eigenvalue weighted by Crippen LogP contribution is 2.32. The number of fused-ring (bicyclic) bond motifs is 1. The van der Waals surface area contributed by atoms with Crippen LogP contribution in [0.5, 0.6) is 0 Å². The molecule has 6 nitrogen and oxygen atoms in total. The van der Waals surface area contributed by atoms with Gasteiger partial charge >= 0.3 is 6.18 Å². The monoisotopic (exact) mass is 414 g/mol. The van der Waals surface area contributed by atoms with Gasteiger partial charge in [0, 0.05) is 48.1 Å². The van der Waals surface area contributed by atoms with Gasteiger partial charge in [0.1, 0.15) is 5.56 Å². The van der Waals surface area contributed by atoms with E-state index in [-0.39, 0.29) is 18.4 Å². The van der Waals surface area contributed by atoms with E-state index in [9.17, 15) is 23.2 Å². The Morgan fingerprint density at radius 3 is 2.69 bits per heavy atom. The molecule has 0 bridgehead atoms. The Morgan fingerprint density at radius 1 is 1.21 bits per heavy atom. The molecule has 1 amide bonds. The second kappa shape index (κ2) is 8.10. The Kier molecular flexibility index (Phi) is 5.70. The van der Waals surface area contributed by atoms with Crippen molar-refractivity contribution in [3.63, 3.8) is 0 Å². The van der Waals surface area contributed by atoms with E-state index in [1.54, 1.807) is 4.90 Å². The molecular formula is C20H27F3N3O3+. The van der Waals surface area contributed by atoms with Crippen LogP contribution < -0.4 is 10.0 Å². The number of nitrogens with one attached hydrogen (secondary N) is 1. The topological polar surface area (TPSA) is 65.7 Å². The molecule has 1 aromatic heterocycles. The van der Waals surface area contributed by atoms with Crippen LogP contribution in [0.2, 0.25) is 0 Å². The van der Waals surface area contributed by atoms with Crippen molar-refractivity contribution >= 4 is 5.91 Å². The molecule has 0 spiro atoms. The number of hydrogen-bond acceptors (Lipinski definition) is 4. The molecule has 1 saturated carbocycles. The summed E-state index contributed by atoms with van der Waals surface area (Å²) in [6.45, 7) is 2.05. The third kappa shape index (κ3) is 4.50. The van der Waals surface area contributed by atoms with Crippen molar-refractivity contribution in [3.05, 3.63) is 29.1 Å². The summed E-state index contributed by atoms with van der Waals surface area (Å²) in [6.07, 6.45) is 0.967. The van der Waals surface area contributed by atoms with E-state index in [0.29, 0.717) is 47.2 Å². The average Bonchev–Trinajstić information content (AvgIpc) is 3.15. The number of aromatic nitrogens is 1. The minimum Gasteiger partial charge on any atom is -0.381 e. The van der Waals surface area contributed by atoms with Crippen LogP contribution in [0.3, 0.4) is 0 Å². The smallest absolute Gasteiger partial charge is 0.381 e. The molecule has 29 heavy (non-hydrogen) atoms. The molecule has 1 aliphatic carbocycles. The van der Waals surface area contributed by atoms with Crippen LogP contribution in [0.25, 0.3) is 0 Å². The van der Waals surface area contributed by atoms with Crippen LogP contribution in [0.15, 0.2) is 12.3 Å². The molecule has 2 fully saturated rings. The maximum Gasteiger partial charge on any atom is 0.422 e. The highest BCUT2D eigenvalue weighted by atomic mass is 19.4. The van der Waals surface area contributed by atoms with Gasteiger partial charge in [-0.25, -0.2) is 0 Å². The van der Waals surface area contributed by atoms with Crippen molar-refractivity contribution in [1.29, 1.82) is 0 Å². The summed E-state index contributed by atoms with van der Waals surface area (Å²) < 4.78 is 45.1. The fourth-order valence-electron chi connectivity index (χ4n) is 4.76. The normalized spacial score (nSPS) is 25.8. The van der Waals surface area contributed by atoms with Gasteiger partial charge in [-0.2, -0.15) is 13.2 Å². The van der Waals surface area contributed by atoms with Crippen molar-refractivity contribution in [3.8, 4) is 0 Å². The van der Waals surface area contributed by atoms with E-state index in [1.807, 2.05) is 0 Å². The van der Waals surface area contributed by atoms with E-state index in [2.05, 4.69) is 5.32 Å². The molecule has 4 rings (SSSR count). The molecule has 2 atom stereocenters. The number of rotatable bonds is 3. The predicted octanol–water partition coefficient (Wildman–Crippen LogP) is 2.05. The highest BCUT2D eigenvalue weighted by Gasteiger charge is 2.39. The summed E-state index contributed by atoms with van der Waals surface area (Å²) in [5, 5.41) is 13.6. The molecule has 0 aromatic carbocycles. The highest BCUT2D eigenvalue weighted by molar-refractivity contribution is 5.79. The minimum atomic E-state index is -4.54. The number of alkyl halides is 3. The molecule has 1 saturated heterocycles. The Labute approximate surface area is 167 Å². The standard InChI is InChI=1S/C20H27F3N3O3/c21-20(22,23)15-9-14-11-25(6-3-18(14)26(28)12-15)19(27)13-1-2-17(10-13)24-16-4-7-29-8-5-16/h9,12-13,16-17,24,28H,1-8,10-11H2/q+1/t13-,17?/m0/s1. The first kappa shape index (κ1) is 20.4. The SMILES string of the molecule is O=C([C@H]1CCC(NC2CCOCC2)C1)N1CCc2c(cc(C(F)(F)F)c[n+]2O)C1. The van der Waals surface area contributed by atoms with Gasteiger partial charge < -0.3 is 15.0 Å². The Morgan fingerprint density at radius 2 is 1.97 bits per heavy atom. The van der Waals surface area contributed by atoms with E-state index < -0.39 is 11.7 Å². The zero-order valence-corrected chi connectivity index (χ0v) is 16.2. The maximum absolute atomic E-state index is 13.1. The van der Waals surface area contributed by atoms with E-state index in [0.717, 1.165) is 51.4 Å². The first-order valence-corrected chi connectivity index (χ1v) is 10.3. The zero-order valence-electron chi connectivity index (χ0n) is 16.2. The number of pyridine rings is 1. The second-order valence-corrected chi connectivity index (χ2v) is 8.31. The van der Waals surface area contributed by atoms with Gasteiger partial charge in [0.15, 0.2) is 0 Å². The first-order chi connectivity index (χ1) is 13.8. The Bertz CT molecular complexity index is 765. The van der Waals surface area contributed by atoms with Crippen LogP contribution >= 0.6 is 0 Å². The molecule has 2 N–H and O–H groups in total. The lowest BCUT2D eigenvalue weighted by atomic mass is 10.00. The Balaban J connectivity index is 1.39. The van der Waals surface area contributed by atoms with Crippen LogP contribution in [-0.2, 0) is 28.7 Å². The average molecular weight is 414 g/mol. The fraction of sp³-hybridized carbons (Fsp3) is 0.700. The molecular weight excluding hydrogens is 387 g/mol. The van der Waals surface area contributed by atoms with Crippen molar-refractivity contribution in [2.75, 3.05) is 19.8 Å². The minimum absolute atomic E-state index is 0.00818. The predicted molar refractivity (Wildman–Crippen MR) is 96.1 cm³/mol. The number of halogens is 3. The van der Waals surface area contributed by atoms with Crippen LogP contribution in [-0.4, -0.2) is 47.9 Å². The lowest BCUT2D eigenvalue weighted by molar-refractivity contribution is -0.910. The third-order valence-electron chi connectivity index (χ3n) is 6.33. The molecule has 1 unspecified atom stereocenters. The van der Waals surface area contributed by atoms with E-state index in [1.165, 1.54) is 0 Å². The van der Waals surface area contributed by atoms with Gasteiger partial charge in [-0.05, 0) is 38.2 Å². The molecule has 9 heteroatoms. The van der Waals surface area contributed by atoms with E-state index in [4.69, 9.17) is 4.74 Å². The molecule has 3 aliphatic rings. The summed E-state index contributed by atoms with van der Waals surface area (Å²) in [4.78, 5) is 14.6. The number of amides is 1. The summed E-state index contributed by atoms with van der Waals surface area (Å²) in [7, 11) is 0. The van der Waals surface area contributed by atoms with Crippen molar-refractivity contribution in [1.82, 2.24) is 10.2 Å². The lowest BCUT2D eigenvalue weighted by Crippen LogP contribution is -2.46. The summed E-state index contributed by atoms with van der Waals surface area (Å²) >= 11 is 0. The lowest BCUT2D eigenvalue weighted by Gasteiger charge is -2.29. The molecule has 3 heterocycles. The van der Waals surface area contributed by atoms with Crippen molar-refractivity contribution in [2.45, 2.75) is 63.3 Å². The fourth-order valence-corrected chi connectivity index (χ4v) is 4.76.